The fraction of sp³-hybridized carbons (Fsp3) is 0.357. The van der Waals surface area contributed by atoms with Crippen molar-refractivity contribution in [2.75, 3.05) is 0 Å². The molecule has 1 unspecified atom stereocenters. The van der Waals surface area contributed by atoms with Crippen molar-refractivity contribution >= 4 is 0 Å². The molecule has 1 heterocycles. The number of hydrogen-bond donors (Lipinski definition) is 0. The van der Waals surface area contributed by atoms with Crippen LogP contribution in [0.25, 0.3) is 11.3 Å². The smallest absolute Gasteiger partial charge is 0.0926 e. The summed E-state index contributed by atoms with van der Waals surface area (Å²) in [5, 5.41) is 4.67. The van der Waals surface area contributed by atoms with E-state index in [4.69, 9.17) is 0 Å². The number of aryl methyl sites for hydroxylation is 1. The molecule has 0 bridgehead atoms. The molecule has 1 atom stereocenters. The maximum absolute atomic E-state index is 4.67. The molecule has 0 amide bonds. The molecule has 0 saturated carbocycles. The van der Waals surface area contributed by atoms with Gasteiger partial charge in [0, 0.05) is 17.3 Å². The van der Waals surface area contributed by atoms with Gasteiger partial charge in [-0.05, 0) is 26.3 Å². The van der Waals surface area contributed by atoms with Crippen molar-refractivity contribution in [3.63, 3.8) is 0 Å². The normalized spacial score (nSPS) is 12.7. The summed E-state index contributed by atoms with van der Waals surface area (Å²) in [5.74, 6) is 0. The fourth-order valence-electron chi connectivity index (χ4n) is 1.86. The molecule has 0 aliphatic rings. The van der Waals surface area contributed by atoms with E-state index in [2.05, 4.69) is 48.8 Å². The van der Waals surface area contributed by atoms with Gasteiger partial charge in [-0.2, -0.15) is 5.10 Å². The average molecular weight is 214 g/mol. The second-order valence-corrected chi connectivity index (χ2v) is 4.24. The third-order valence-corrected chi connectivity index (χ3v) is 3.00. The minimum atomic E-state index is 0.470. The Labute approximate surface area is 96.9 Å². The van der Waals surface area contributed by atoms with Crippen molar-refractivity contribution < 1.29 is 0 Å². The van der Waals surface area contributed by atoms with Gasteiger partial charge < -0.3 is 0 Å². The predicted octanol–water partition coefficient (Wildman–Crippen LogP) is 3.83. The Bertz CT molecular complexity index is 457. The first kappa shape index (κ1) is 10.9. The highest BCUT2D eigenvalue weighted by Gasteiger charge is 2.09. The Balaban J connectivity index is 2.38. The highest BCUT2D eigenvalue weighted by Crippen LogP contribution is 2.21. The molecule has 2 rings (SSSR count). The topological polar surface area (TPSA) is 17.8 Å². The van der Waals surface area contributed by atoms with Gasteiger partial charge >= 0.3 is 0 Å². The summed E-state index contributed by atoms with van der Waals surface area (Å²) < 4.78 is 2.11. The summed E-state index contributed by atoms with van der Waals surface area (Å²) in [7, 11) is 0. The zero-order chi connectivity index (χ0) is 11.5. The lowest BCUT2D eigenvalue weighted by Crippen LogP contribution is -2.07. The summed E-state index contributed by atoms with van der Waals surface area (Å²) in [5.41, 5.74) is 3.49. The first-order valence-corrected chi connectivity index (χ1v) is 5.84. The Morgan fingerprint density at radius 3 is 2.56 bits per heavy atom. The molecule has 2 nitrogen and oxygen atoms in total. The van der Waals surface area contributed by atoms with Gasteiger partial charge in [0.2, 0.25) is 0 Å². The van der Waals surface area contributed by atoms with Crippen LogP contribution in [-0.2, 0) is 0 Å². The van der Waals surface area contributed by atoms with Crippen LogP contribution >= 0.6 is 0 Å². The molecule has 2 heteroatoms. The van der Waals surface area contributed by atoms with Gasteiger partial charge in [0.25, 0.3) is 0 Å². The van der Waals surface area contributed by atoms with Crippen LogP contribution < -0.4 is 0 Å². The van der Waals surface area contributed by atoms with Crippen molar-refractivity contribution in [3.8, 4) is 11.3 Å². The van der Waals surface area contributed by atoms with Crippen LogP contribution in [0.5, 0.6) is 0 Å². The van der Waals surface area contributed by atoms with Crippen LogP contribution in [0.1, 0.15) is 32.0 Å². The van der Waals surface area contributed by atoms with E-state index in [0.717, 1.165) is 12.1 Å². The predicted molar refractivity (Wildman–Crippen MR) is 67.4 cm³/mol. The third-order valence-electron chi connectivity index (χ3n) is 3.00. The molecule has 0 fully saturated rings. The van der Waals surface area contributed by atoms with E-state index in [1.807, 2.05) is 18.2 Å². The molecule has 0 aliphatic heterocycles. The molecule has 1 aromatic heterocycles. The summed E-state index contributed by atoms with van der Waals surface area (Å²) in [4.78, 5) is 0. The maximum Gasteiger partial charge on any atom is 0.0926 e. The number of nitrogens with zero attached hydrogens (tertiary/aromatic N) is 2. The summed E-state index contributed by atoms with van der Waals surface area (Å²) in [6.07, 6.45) is 1.11. The molecule has 16 heavy (non-hydrogen) atoms. The third kappa shape index (κ3) is 2.01. The molecular formula is C14H18N2. The van der Waals surface area contributed by atoms with E-state index in [1.165, 1.54) is 11.3 Å². The van der Waals surface area contributed by atoms with Gasteiger partial charge in [0.15, 0.2) is 0 Å². The Morgan fingerprint density at radius 2 is 1.94 bits per heavy atom. The first-order chi connectivity index (χ1) is 7.72. The van der Waals surface area contributed by atoms with Crippen LogP contribution in [0.3, 0.4) is 0 Å². The molecule has 0 saturated heterocycles. The minimum Gasteiger partial charge on any atom is -0.267 e. The lowest BCUT2D eigenvalue weighted by Gasteiger charge is -2.10. The van der Waals surface area contributed by atoms with Crippen molar-refractivity contribution in [2.24, 2.45) is 0 Å². The lowest BCUT2D eigenvalue weighted by atomic mass is 10.1. The SMILES string of the molecule is CCC(C)n1nc(-c2ccccc2)cc1C. The zero-order valence-corrected chi connectivity index (χ0v) is 10.1. The largest absolute Gasteiger partial charge is 0.267 e. The van der Waals surface area contributed by atoms with Gasteiger partial charge in [0.05, 0.1) is 5.69 Å². The van der Waals surface area contributed by atoms with Crippen LogP contribution in [0.15, 0.2) is 36.4 Å². The van der Waals surface area contributed by atoms with E-state index in [-0.39, 0.29) is 0 Å². The molecule has 84 valence electrons. The molecule has 1 aromatic carbocycles. The first-order valence-electron chi connectivity index (χ1n) is 5.84. The minimum absolute atomic E-state index is 0.470. The molecule has 0 radical (unpaired) electrons. The molecule has 2 aromatic rings. The quantitative estimate of drug-likeness (QED) is 0.759. The van der Waals surface area contributed by atoms with Crippen molar-refractivity contribution in [3.05, 3.63) is 42.1 Å². The van der Waals surface area contributed by atoms with Crippen molar-refractivity contribution in [1.29, 1.82) is 0 Å². The second-order valence-electron chi connectivity index (χ2n) is 4.24. The van der Waals surface area contributed by atoms with E-state index in [9.17, 15) is 0 Å². The van der Waals surface area contributed by atoms with Crippen LogP contribution in [0, 0.1) is 6.92 Å². The van der Waals surface area contributed by atoms with Gasteiger partial charge in [-0.25, -0.2) is 0 Å². The van der Waals surface area contributed by atoms with E-state index < -0.39 is 0 Å². The van der Waals surface area contributed by atoms with Crippen LogP contribution in [0.4, 0.5) is 0 Å². The number of rotatable bonds is 3. The highest BCUT2D eigenvalue weighted by atomic mass is 15.3. The number of benzene rings is 1. The Kier molecular flexibility index (Phi) is 3.09. The average Bonchev–Trinajstić information content (AvgIpc) is 2.71. The molecule has 0 N–H and O–H groups in total. The molecule has 0 aliphatic carbocycles. The fourth-order valence-corrected chi connectivity index (χ4v) is 1.86. The van der Waals surface area contributed by atoms with Crippen molar-refractivity contribution in [1.82, 2.24) is 9.78 Å². The maximum atomic E-state index is 4.67. The van der Waals surface area contributed by atoms with E-state index in [0.29, 0.717) is 6.04 Å². The number of hydrogen-bond acceptors (Lipinski definition) is 1. The van der Waals surface area contributed by atoms with E-state index >= 15 is 0 Å². The summed E-state index contributed by atoms with van der Waals surface area (Å²) >= 11 is 0. The van der Waals surface area contributed by atoms with Gasteiger partial charge in [-0.3, -0.25) is 4.68 Å². The summed E-state index contributed by atoms with van der Waals surface area (Å²) in [6.45, 7) is 6.51. The monoisotopic (exact) mass is 214 g/mol. The zero-order valence-electron chi connectivity index (χ0n) is 10.1. The molecular weight excluding hydrogens is 196 g/mol. The van der Waals surface area contributed by atoms with Gasteiger partial charge in [-0.15, -0.1) is 0 Å². The van der Waals surface area contributed by atoms with Crippen LogP contribution in [0.2, 0.25) is 0 Å². The standard InChI is InChI=1S/C14H18N2/c1-4-11(2)16-12(3)10-14(15-16)13-8-6-5-7-9-13/h5-11H,4H2,1-3H3. The Morgan fingerprint density at radius 1 is 1.25 bits per heavy atom. The van der Waals surface area contributed by atoms with Gasteiger partial charge in [0.1, 0.15) is 0 Å². The Hall–Kier alpha value is -1.57. The van der Waals surface area contributed by atoms with Crippen LogP contribution in [-0.4, -0.2) is 9.78 Å². The molecule has 0 spiro atoms. The second kappa shape index (κ2) is 4.52. The van der Waals surface area contributed by atoms with E-state index in [1.54, 1.807) is 0 Å². The van der Waals surface area contributed by atoms with Gasteiger partial charge in [-0.1, -0.05) is 37.3 Å². The lowest BCUT2D eigenvalue weighted by molar-refractivity contribution is 0.468. The number of aromatic nitrogens is 2. The summed E-state index contributed by atoms with van der Waals surface area (Å²) in [6, 6.07) is 13.0. The highest BCUT2D eigenvalue weighted by molar-refractivity contribution is 5.58. The van der Waals surface area contributed by atoms with Crippen molar-refractivity contribution in [2.45, 2.75) is 33.2 Å².